The van der Waals surface area contributed by atoms with Gasteiger partial charge < -0.3 is 53.2 Å². The van der Waals surface area contributed by atoms with Crippen molar-refractivity contribution in [1.82, 2.24) is 0 Å². The van der Waals surface area contributed by atoms with E-state index in [1.54, 1.807) is 0 Å². The summed E-state index contributed by atoms with van der Waals surface area (Å²) in [6, 6.07) is 0. The minimum absolute atomic E-state index is 0.0893. The summed E-state index contributed by atoms with van der Waals surface area (Å²) in [5.41, 5.74) is -0.484. The molecular formula is C21H40O11. The van der Waals surface area contributed by atoms with E-state index in [0.717, 1.165) is 0 Å². The fraction of sp³-hybridized carbons (Fsp3) is 1.00. The van der Waals surface area contributed by atoms with Gasteiger partial charge in [-0.05, 0) is 6.42 Å². The molecule has 0 radical (unpaired) electrons. The normalized spacial score (nSPS) is 31.8. The SMILES string of the molecule is CCC1(OCCOCCOCCCO)OCC2(CO1)COC(CC)(OCC(O)CO)OC2. The van der Waals surface area contributed by atoms with Crippen molar-refractivity contribution in [3.05, 3.63) is 0 Å². The molecule has 0 saturated carbocycles. The molecule has 0 aromatic rings. The van der Waals surface area contributed by atoms with Crippen LogP contribution in [0.1, 0.15) is 33.1 Å². The van der Waals surface area contributed by atoms with Crippen molar-refractivity contribution < 1.29 is 53.2 Å². The van der Waals surface area contributed by atoms with E-state index < -0.39 is 30.1 Å². The maximum atomic E-state index is 9.52. The Hall–Kier alpha value is -0.440. The average molecular weight is 469 g/mol. The molecule has 190 valence electrons. The fourth-order valence-corrected chi connectivity index (χ4v) is 3.19. The molecular weight excluding hydrogens is 428 g/mol. The first-order valence-corrected chi connectivity index (χ1v) is 11.4. The predicted octanol–water partition coefficient (Wildman–Crippen LogP) is -0.00400. The smallest absolute Gasteiger partial charge is 0.282 e. The van der Waals surface area contributed by atoms with Crippen molar-refractivity contribution in [1.29, 1.82) is 0 Å². The van der Waals surface area contributed by atoms with Crippen molar-refractivity contribution in [3.63, 3.8) is 0 Å². The zero-order chi connectivity index (χ0) is 23.3. The van der Waals surface area contributed by atoms with Crippen LogP contribution >= 0.6 is 0 Å². The lowest BCUT2D eigenvalue weighted by Crippen LogP contribution is -2.60. The third kappa shape index (κ3) is 8.41. The molecule has 0 aromatic heterocycles. The molecule has 2 heterocycles. The Bertz CT molecular complexity index is 486. The van der Waals surface area contributed by atoms with Crippen LogP contribution in [0.15, 0.2) is 0 Å². The predicted molar refractivity (Wildman–Crippen MR) is 111 cm³/mol. The lowest BCUT2D eigenvalue weighted by atomic mass is 9.90. The molecule has 1 unspecified atom stereocenters. The van der Waals surface area contributed by atoms with E-state index in [2.05, 4.69) is 0 Å². The summed E-state index contributed by atoms with van der Waals surface area (Å²) in [6.45, 7) is 6.81. The van der Waals surface area contributed by atoms with Gasteiger partial charge in [-0.25, -0.2) is 0 Å². The van der Waals surface area contributed by atoms with Crippen LogP contribution < -0.4 is 0 Å². The molecule has 2 aliphatic rings. The highest BCUT2D eigenvalue weighted by molar-refractivity contribution is 4.87. The molecule has 2 rings (SSSR count). The Labute approximate surface area is 189 Å². The van der Waals surface area contributed by atoms with Gasteiger partial charge >= 0.3 is 0 Å². The topological polar surface area (TPSA) is 135 Å². The molecule has 0 aliphatic carbocycles. The van der Waals surface area contributed by atoms with Crippen LogP contribution in [-0.2, 0) is 37.9 Å². The summed E-state index contributed by atoms with van der Waals surface area (Å²) in [5, 5.41) is 27.2. The van der Waals surface area contributed by atoms with Gasteiger partial charge in [0.05, 0.1) is 71.5 Å². The zero-order valence-electron chi connectivity index (χ0n) is 19.3. The summed E-state index contributed by atoms with van der Waals surface area (Å²) in [4.78, 5) is 0. The van der Waals surface area contributed by atoms with Gasteiger partial charge in [0.15, 0.2) is 0 Å². The Morgan fingerprint density at radius 2 is 1.25 bits per heavy atom. The van der Waals surface area contributed by atoms with E-state index in [9.17, 15) is 5.11 Å². The third-order valence-electron chi connectivity index (χ3n) is 5.33. The first-order chi connectivity index (χ1) is 15.5. The molecule has 0 aromatic carbocycles. The van der Waals surface area contributed by atoms with Crippen LogP contribution in [0.3, 0.4) is 0 Å². The van der Waals surface area contributed by atoms with Gasteiger partial charge in [0.1, 0.15) is 6.10 Å². The van der Waals surface area contributed by atoms with Crippen molar-refractivity contribution in [3.8, 4) is 0 Å². The first kappa shape index (κ1) is 27.8. The Balaban J connectivity index is 1.69. The van der Waals surface area contributed by atoms with E-state index >= 15 is 0 Å². The van der Waals surface area contributed by atoms with Crippen molar-refractivity contribution in [2.45, 2.75) is 51.2 Å². The highest BCUT2D eigenvalue weighted by Gasteiger charge is 2.51. The molecule has 3 N–H and O–H groups in total. The van der Waals surface area contributed by atoms with Gasteiger partial charge in [-0.15, -0.1) is 0 Å². The van der Waals surface area contributed by atoms with Gasteiger partial charge in [-0.2, -0.15) is 0 Å². The molecule has 1 spiro atoms. The molecule has 11 heteroatoms. The number of rotatable bonds is 16. The summed E-state index contributed by atoms with van der Waals surface area (Å²) in [7, 11) is 0. The second-order valence-corrected chi connectivity index (χ2v) is 8.03. The minimum Gasteiger partial charge on any atom is -0.396 e. The molecule has 2 fully saturated rings. The van der Waals surface area contributed by atoms with Gasteiger partial charge in [0.2, 0.25) is 0 Å². The maximum Gasteiger partial charge on any atom is 0.282 e. The molecule has 0 bridgehead atoms. The number of aliphatic hydroxyl groups is 3. The number of hydrogen-bond acceptors (Lipinski definition) is 11. The van der Waals surface area contributed by atoms with E-state index in [1.807, 2.05) is 13.8 Å². The number of ether oxygens (including phenoxy) is 8. The molecule has 1 atom stereocenters. The summed E-state index contributed by atoms with van der Waals surface area (Å²) in [5.74, 6) is -2.39. The van der Waals surface area contributed by atoms with Crippen molar-refractivity contribution >= 4 is 0 Å². The molecule has 32 heavy (non-hydrogen) atoms. The fourth-order valence-electron chi connectivity index (χ4n) is 3.19. The Morgan fingerprint density at radius 1 is 0.750 bits per heavy atom. The maximum absolute atomic E-state index is 9.52. The van der Waals surface area contributed by atoms with Crippen LogP contribution in [0, 0.1) is 5.41 Å². The summed E-state index contributed by atoms with van der Waals surface area (Å²) >= 11 is 0. The molecule has 11 nitrogen and oxygen atoms in total. The van der Waals surface area contributed by atoms with E-state index in [1.165, 1.54) is 0 Å². The second kappa shape index (κ2) is 14.1. The average Bonchev–Trinajstić information content (AvgIpc) is 2.84. The van der Waals surface area contributed by atoms with Gasteiger partial charge in [0, 0.05) is 26.1 Å². The highest BCUT2D eigenvalue weighted by atomic mass is 16.9. The van der Waals surface area contributed by atoms with Crippen LogP contribution in [0.5, 0.6) is 0 Å². The Morgan fingerprint density at radius 3 is 1.75 bits per heavy atom. The molecule has 0 amide bonds. The van der Waals surface area contributed by atoms with Crippen LogP contribution in [-0.4, -0.2) is 113 Å². The van der Waals surface area contributed by atoms with Gasteiger partial charge in [-0.1, -0.05) is 13.8 Å². The lowest BCUT2D eigenvalue weighted by Gasteiger charge is -2.50. The summed E-state index contributed by atoms with van der Waals surface area (Å²) in [6.07, 6.45) is 0.564. The highest BCUT2D eigenvalue weighted by Crippen LogP contribution is 2.39. The number of hydrogen-bond donors (Lipinski definition) is 3. The Kier molecular flexibility index (Phi) is 12.2. The van der Waals surface area contributed by atoms with Gasteiger partial charge in [0.25, 0.3) is 11.9 Å². The van der Waals surface area contributed by atoms with E-state index in [-0.39, 0.29) is 13.2 Å². The van der Waals surface area contributed by atoms with Crippen LogP contribution in [0.2, 0.25) is 0 Å². The van der Waals surface area contributed by atoms with Crippen LogP contribution in [0.25, 0.3) is 0 Å². The van der Waals surface area contributed by atoms with E-state index in [4.69, 9.17) is 48.1 Å². The monoisotopic (exact) mass is 468 g/mol. The number of aliphatic hydroxyl groups excluding tert-OH is 3. The van der Waals surface area contributed by atoms with Crippen LogP contribution in [0.4, 0.5) is 0 Å². The van der Waals surface area contributed by atoms with Crippen molar-refractivity contribution in [2.24, 2.45) is 5.41 Å². The van der Waals surface area contributed by atoms with Crippen molar-refractivity contribution in [2.75, 3.05) is 79.3 Å². The second-order valence-electron chi connectivity index (χ2n) is 8.03. The third-order valence-corrected chi connectivity index (χ3v) is 5.33. The summed E-state index contributed by atoms with van der Waals surface area (Å²) < 4.78 is 45.9. The lowest BCUT2D eigenvalue weighted by molar-refractivity contribution is -0.466. The van der Waals surface area contributed by atoms with E-state index in [0.29, 0.717) is 78.7 Å². The standard InChI is InChI=1S/C21H40O11/c1-3-20(27-11-10-26-9-8-25-7-5-6-22)29-14-19(15-30-20)16-31-21(4-2,32-17-19)28-13-18(24)12-23/h18,22-24H,3-17H2,1-2H3. The minimum atomic E-state index is -1.25. The molecule has 2 aliphatic heterocycles. The quantitative estimate of drug-likeness (QED) is 0.264. The largest absolute Gasteiger partial charge is 0.396 e. The zero-order valence-corrected chi connectivity index (χ0v) is 19.3. The first-order valence-electron chi connectivity index (χ1n) is 11.4. The molecule has 2 saturated heterocycles. The van der Waals surface area contributed by atoms with Gasteiger partial charge in [-0.3, -0.25) is 0 Å².